The number of thiophene rings is 1. The zero-order valence-electron chi connectivity index (χ0n) is 8.08. The molecule has 0 aliphatic carbocycles. The maximum absolute atomic E-state index is 12.0. The van der Waals surface area contributed by atoms with Crippen LogP contribution in [0.1, 0.15) is 22.5 Å². The molecular weight excluding hydrogens is 342 g/mol. The summed E-state index contributed by atoms with van der Waals surface area (Å²) in [6, 6.07) is 3.81. The third kappa shape index (κ3) is 2.82. The molecule has 1 saturated heterocycles. The van der Waals surface area contributed by atoms with Crippen LogP contribution in [-0.4, -0.2) is 28.7 Å². The number of likely N-dealkylation sites (tertiary alicyclic amines) is 1. The second kappa shape index (κ2) is 4.97. The third-order valence-corrected chi connectivity index (χ3v) is 5.02. The molecule has 1 aliphatic rings. The van der Waals surface area contributed by atoms with Crippen molar-refractivity contribution < 1.29 is 4.79 Å². The van der Waals surface area contributed by atoms with Crippen molar-refractivity contribution in [1.29, 1.82) is 0 Å². The number of hydrogen-bond acceptors (Lipinski definition) is 2. The molecule has 1 aromatic heterocycles. The van der Waals surface area contributed by atoms with Gasteiger partial charge in [0.05, 0.1) is 8.66 Å². The summed E-state index contributed by atoms with van der Waals surface area (Å²) < 4.78 is 1.02. The van der Waals surface area contributed by atoms with Gasteiger partial charge in [-0.3, -0.25) is 4.79 Å². The molecule has 15 heavy (non-hydrogen) atoms. The Morgan fingerprint density at radius 1 is 1.40 bits per heavy atom. The van der Waals surface area contributed by atoms with Crippen LogP contribution in [0.5, 0.6) is 0 Å². The van der Waals surface area contributed by atoms with E-state index in [-0.39, 0.29) is 5.91 Å². The second-order valence-corrected chi connectivity index (χ2v) is 7.33. The van der Waals surface area contributed by atoms with Crippen molar-refractivity contribution in [2.24, 2.45) is 0 Å². The molecule has 1 amide bonds. The van der Waals surface area contributed by atoms with Crippen molar-refractivity contribution in [3.05, 3.63) is 20.8 Å². The van der Waals surface area contributed by atoms with Gasteiger partial charge in [-0.2, -0.15) is 0 Å². The Bertz CT molecular complexity index is 358. The van der Waals surface area contributed by atoms with Crippen LogP contribution in [0, 0.1) is 0 Å². The maximum atomic E-state index is 12.0. The fourth-order valence-corrected chi connectivity index (χ4v) is 3.40. The van der Waals surface area contributed by atoms with Crippen molar-refractivity contribution in [3.63, 3.8) is 0 Å². The predicted molar refractivity (Wildman–Crippen MR) is 69.9 cm³/mol. The number of amides is 1. The van der Waals surface area contributed by atoms with Gasteiger partial charge in [0.15, 0.2) is 0 Å². The van der Waals surface area contributed by atoms with Gasteiger partial charge in [-0.05, 0) is 40.9 Å². The molecule has 0 unspecified atom stereocenters. The minimum atomic E-state index is 0.171. The first-order chi connectivity index (χ1) is 7.16. The highest BCUT2D eigenvalue weighted by atomic mass is 79.9. The Kier molecular flexibility index (Phi) is 3.85. The third-order valence-electron chi connectivity index (χ3n) is 2.50. The number of carbonyl (C=O) groups is 1. The van der Waals surface area contributed by atoms with E-state index < -0.39 is 0 Å². The summed E-state index contributed by atoms with van der Waals surface area (Å²) in [7, 11) is 0. The monoisotopic (exact) mass is 351 g/mol. The average Bonchev–Trinajstić information content (AvgIpc) is 2.65. The van der Waals surface area contributed by atoms with Gasteiger partial charge in [-0.1, -0.05) is 15.9 Å². The molecule has 2 heterocycles. The first kappa shape index (κ1) is 11.6. The van der Waals surface area contributed by atoms with E-state index in [0.717, 1.165) is 34.6 Å². The zero-order valence-corrected chi connectivity index (χ0v) is 12.1. The van der Waals surface area contributed by atoms with Crippen LogP contribution in [0.3, 0.4) is 0 Å². The van der Waals surface area contributed by atoms with Gasteiger partial charge in [0.25, 0.3) is 5.91 Å². The molecule has 1 aromatic rings. The van der Waals surface area contributed by atoms with Gasteiger partial charge in [-0.25, -0.2) is 0 Å². The van der Waals surface area contributed by atoms with Gasteiger partial charge >= 0.3 is 0 Å². The van der Waals surface area contributed by atoms with Crippen LogP contribution in [0.25, 0.3) is 0 Å². The molecule has 0 aromatic carbocycles. The summed E-state index contributed by atoms with van der Waals surface area (Å²) in [5.41, 5.74) is 0. The summed E-state index contributed by atoms with van der Waals surface area (Å²) in [6.07, 6.45) is 2.11. The van der Waals surface area contributed by atoms with Crippen LogP contribution >= 0.6 is 43.2 Å². The molecule has 0 bridgehead atoms. The quantitative estimate of drug-likeness (QED) is 0.708. The predicted octanol–water partition coefficient (Wildman–Crippen LogP) is 3.51. The zero-order chi connectivity index (χ0) is 10.8. The summed E-state index contributed by atoms with van der Waals surface area (Å²) >= 11 is 8.46. The molecule has 1 aliphatic heterocycles. The van der Waals surface area contributed by atoms with Gasteiger partial charge in [-0.15, -0.1) is 11.3 Å². The minimum Gasteiger partial charge on any atom is -0.338 e. The summed E-state index contributed by atoms with van der Waals surface area (Å²) in [5, 5.41) is 0. The molecule has 82 valence electrons. The van der Waals surface area contributed by atoms with Gasteiger partial charge in [0.1, 0.15) is 0 Å². The molecule has 1 fully saturated rings. The molecular formula is C10H11Br2NOS. The largest absolute Gasteiger partial charge is 0.338 e. The number of alkyl halides is 1. The molecule has 0 radical (unpaired) electrons. The average molecular weight is 353 g/mol. The second-order valence-electron chi connectivity index (χ2n) is 3.57. The van der Waals surface area contributed by atoms with E-state index >= 15 is 0 Å². The fraction of sp³-hybridized carbons (Fsp3) is 0.500. The molecule has 0 spiro atoms. The van der Waals surface area contributed by atoms with E-state index in [9.17, 15) is 4.79 Å². The Morgan fingerprint density at radius 3 is 2.60 bits per heavy atom. The number of rotatable bonds is 1. The molecule has 2 rings (SSSR count). The number of nitrogens with zero attached hydrogens (tertiary/aromatic N) is 1. The lowest BCUT2D eigenvalue weighted by molar-refractivity contribution is 0.0733. The topological polar surface area (TPSA) is 20.3 Å². The lowest BCUT2D eigenvalue weighted by atomic mass is 10.1. The van der Waals surface area contributed by atoms with Crippen molar-refractivity contribution >= 4 is 49.1 Å². The molecule has 0 saturated carbocycles. The van der Waals surface area contributed by atoms with Crippen LogP contribution in [0.15, 0.2) is 15.9 Å². The van der Waals surface area contributed by atoms with E-state index in [0.29, 0.717) is 4.83 Å². The van der Waals surface area contributed by atoms with Gasteiger partial charge < -0.3 is 4.90 Å². The molecule has 5 heteroatoms. The SMILES string of the molecule is O=C(c1ccc(Br)s1)N1CCC(Br)CC1. The van der Waals surface area contributed by atoms with Crippen LogP contribution in [-0.2, 0) is 0 Å². The van der Waals surface area contributed by atoms with Crippen LogP contribution in [0.2, 0.25) is 0 Å². The summed E-state index contributed by atoms with van der Waals surface area (Å²) in [6.45, 7) is 1.73. The Morgan fingerprint density at radius 2 is 2.07 bits per heavy atom. The Hall–Kier alpha value is 0.130. The van der Waals surface area contributed by atoms with Crippen molar-refractivity contribution in [2.45, 2.75) is 17.7 Å². The van der Waals surface area contributed by atoms with Crippen LogP contribution in [0.4, 0.5) is 0 Å². The smallest absolute Gasteiger partial charge is 0.263 e. The summed E-state index contributed by atoms with van der Waals surface area (Å²) in [4.78, 5) is 15.4. The van der Waals surface area contributed by atoms with E-state index in [1.54, 1.807) is 0 Å². The van der Waals surface area contributed by atoms with E-state index in [1.807, 2.05) is 17.0 Å². The lowest BCUT2D eigenvalue weighted by Gasteiger charge is -2.29. The Labute approximate surface area is 110 Å². The highest BCUT2D eigenvalue weighted by Crippen LogP contribution is 2.25. The first-order valence-electron chi connectivity index (χ1n) is 4.85. The summed E-state index contributed by atoms with van der Waals surface area (Å²) in [5.74, 6) is 0.171. The minimum absolute atomic E-state index is 0.171. The van der Waals surface area contributed by atoms with E-state index in [2.05, 4.69) is 31.9 Å². The highest BCUT2D eigenvalue weighted by molar-refractivity contribution is 9.11. The van der Waals surface area contributed by atoms with Gasteiger partial charge in [0, 0.05) is 17.9 Å². The Balaban J connectivity index is 2.02. The first-order valence-corrected chi connectivity index (χ1v) is 7.38. The number of hydrogen-bond donors (Lipinski definition) is 0. The van der Waals surface area contributed by atoms with Gasteiger partial charge in [0.2, 0.25) is 0 Å². The molecule has 0 atom stereocenters. The fourth-order valence-electron chi connectivity index (χ4n) is 1.64. The van der Waals surface area contributed by atoms with E-state index in [4.69, 9.17) is 0 Å². The van der Waals surface area contributed by atoms with Crippen molar-refractivity contribution in [2.75, 3.05) is 13.1 Å². The molecule has 2 nitrogen and oxygen atoms in total. The van der Waals surface area contributed by atoms with Crippen LogP contribution < -0.4 is 0 Å². The highest BCUT2D eigenvalue weighted by Gasteiger charge is 2.22. The number of carbonyl (C=O) groups excluding carboxylic acids is 1. The standard InChI is InChI=1S/C10H11Br2NOS/c11-7-3-5-13(6-4-7)10(14)8-1-2-9(12)15-8/h1-2,7H,3-6H2. The normalized spacial score (nSPS) is 18.1. The molecule has 0 N–H and O–H groups in total. The van der Waals surface area contributed by atoms with E-state index in [1.165, 1.54) is 11.3 Å². The lowest BCUT2D eigenvalue weighted by Crippen LogP contribution is -2.38. The van der Waals surface area contributed by atoms with Crippen molar-refractivity contribution in [3.8, 4) is 0 Å². The number of piperidine rings is 1. The number of halogens is 2. The maximum Gasteiger partial charge on any atom is 0.263 e. The van der Waals surface area contributed by atoms with Crippen molar-refractivity contribution in [1.82, 2.24) is 4.90 Å².